The first-order valence-electron chi connectivity index (χ1n) is 5.45. The molecule has 0 aliphatic carbocycles. The first kappa shape index (κ1) is 13.1. The molecular formula is C13H12BrNO2S. The molecule has 0 fully saturated rings. The Bertz CT molecular complexity index is 590. The van der Waals surface area contributed by atoms with E-state index in [4.69, 9.17) is 10.8 Å². The Morgan fingerprint density at radius 2 is 2.00 bits per heavy atom. The zero-order valence-electron chi connectivity index (χ0n) is 9.74. The second kappa shape index (κ2) is 5.12. The molecule has 0 radical (unpaired) electrons. The molecule has 3 N–H and O–H groups in total. The van der Waals surface area contributed by atoms with Gasteiger partial charge >= 0.3 is 5.97 Å². The number of aromatic carboxylic acids is 1. The maximum atomic E-state index is 11.1. The molecule has 0 atom stereocenters. The summed E-state index contributed by atoms with van der Waals surface area (Å²) in [4.78, 5) is 12.3. The van der Waals surface area contributed by atoms with Crippen LogP contribution in [0.5, 0.6) is 0 Å². The van der Waals surface area contributed by atoms with Gasteiger partial charge < -0.3 is 10.8 Å². The minimum atomic E-state index is -0.962. The van der Waals surface area contributed by atoms with Crippen LogP contribution in [-0.2, 0) is 6.42 Å². The third-order valence-electron chi connectivity index (χ3n) is 2.70. The predicted octanol–water partition coefficient (Wildman–Crippen LogP) is 4.02. The lowest BCUT2D eigenvalue weighted by Gasteiger charge is -2.02. The molecule has 0 aliphatic rings. The molecule has 1 aromatic carbocycles. The van der Waals surface area contributed by atoms with E-state index in [0.717, 1.165) is 26.9 Å². The molecule has 94 valence electrons. The lowest BCUT2D eigenvalue weighted by Crippen LogP contribution is -1.99. The average molecular weight is 326 g/mol. The molecule has 18 heavy (non-hydrogen) atoms. The smallest absolute Gasteiger partial charge is 0.348 e. The third-order valence-corrected chi connectivity index (χ3v) is 4.52. The molecular weight excluding hydrogens is 314 g/mol. The highest BCUT2D eigenvalue weighted by Crippen LogP contribution is 2.39. The van der Waals surface area contributed by atoms with Crippen molar-refractivity contribution in [2.24, 2.45) is 0 Å². The molecule has 1 heterocycles. The van der Waals surface area contributed by atoms with Gasteiger partial charge in [0.15, 0.2) is 0 Å². The van der Waals surface area contributed by atoms with Gasteiger partial charge in [0.1, 0.15) is 4.88 Å². The van der Waals surface area contributed by atoms with Crippen LogP contribution in [0.3, 0.4) is 0 Å². The molecule has 0 saturated carbocycles. The number of carboxylic acid groups (broad SMARTS) is 1. The minimum Gasteiger partial charge on any atom is -0.477 e. The second-order valence-electron chi connectivity index (χ2n) is 3.82. The van der Waals surface area contributed by atoms with Crippen LogP contribution in [-0.4, -0.2) is 11.1 Å². The second-order valence-corrected chi connectivity index (χ2v) is 5.75. The van der Waals surface area contributed by atoms with Crippen molar-refractivity contribution in [2.75, 3.05) is 5.73 Å². The molecule has 2 rings (SSSR count). The van der Waals surface area contributed by atoms with Crippen LogP contribution in [0.4, 0.5) is 5.69 Å². The largest absolute Gasteiger partial charge is 0.477 e. The van der Waals surface area contributed by atoms with Crippen molar-refractivity contribution in [3.63, 3.8) is 0 Å². The van der Waals surface area contributed by atoms with E-state index in [1.807, 2.05) is 31.2 Å². The van der Waals surface area contributed by atoms with Gasteiger partial charge in [-0.3, -0.25) is 0 Å². The van der Waals surface area contributed by atoms with Gasteiger partial charge in [-0.15, -0.1) is 11.3 Å². The summed E-state index contributed by atoms with van der Waals surface area (Å²) in [6.45, 7) is 1.98. The van der Waals surface area contributed by atoms with E-state index in [1.165, 1.54) is 11.3 Å². The van der Waals surface area contributed by atoms with Crippen LogP contribution < -0.4 is 5.73 Å². The van der Waals surface area contributed by atoms with Crippen molar-refractivity contribution < 1.29 is 9.90 Å². The van der Waals surface area contributed by atoms with Gasteiger partial charge in [0, 0.05) is 9.35 Å². The lowest BCUT2D eigenvalue weighted by molar-refractivity contribution is 0.0703. The number of carboxylic acids is 1. The van der Waals surface area contributed by atoms with E-state index >= 15 is 0 Å². The molecule has 0 bridgehead atoms. The SMILES string of the molecule is CCc1c(-c2ccc(Br)cc2)sc(C(=O)O)c1N. The molecule has 0 spiro atoms. The van der Waals surface area contributed by atoms with Gasteiger partial charge in [0.2, 0.25) is 0 Å². The molecule has 0 aliphatic heterocycles. The third kappa shape index (κ3) is 2.28. The topological polar surface area (TPSA) is 63.3 Å². The molecule has 0 unspecified atom stereocenters. The molecule has 0 amide bonds. The molecule has 2 aromatic rings. The first-order chi connectivity index (χ1) is 8.54. The summed E-state index contributed by atoms with van der Waals surface area (Å²) in [5.74, 6) is -0.962. The van der Waals surface area contributed by atoms with Gasteiger partial charge in [-0.25, -0.2) is 4.79 Å². The van der Waals surface area contributed by atoms with Crippen molar-refractivity contribution in [2.45, 2.75) is 13.3 Å². The van der Waals surface area contributed by atoms with E-state index in [2.05, 4.69) is 15.9 Å². The van der Waals surface area contributed by atoms with Crippen LogP contribution in [0, 0.1) is 0 Å². The lowest BCUT2D eigenvalue weighted by atomic mass is 10.1. The Balaban J connectivity index is 2.60. The average Bonchev–Trinajstić information content (AvgIpc) is 2.67. The zero-order valence-corrected chi connectivity index (χ0v) is 12.1. The minimum absolute atomic E-state index is 0.227. The maximum absolute atomic E-state index is 11.1. The normalized spacial score (nSPS) is 10.6. The van der Waals surface area contributed by atoms with Crippen molar-refractivity contribution in [3.8, 4) is 10.4 Å². The van der Waals surface area contributed by atoms with Crippen LogP contribution in [0.1, 0.15) is 22.2 Å². The summed E-state index contributed by atoms with van der Waals surface area (Å²) in [5, 5.41) is 9.11. The van der Waals surface area contributed by atoms with Crippen LogP contribution in [0.2, 0.25) is 0 Å². The first-order valence-corrected chi connectivity index (χ1v) is 7.06. The van der Waals surface area contributed by atoms with E-state index in [1.54, 1.807) is 0 Å². The number of nitrogen functional groups attached to an aromatic ring is 1. The summed E-state index contributed by atoms with van der Waals surface area (Å²) in [5.41, 5.74) is 8.22. The number of benzene rings is 1. The van der Waals surface area contributed by atoms with Crippen molar-refractivity contribution in [1.82, 2.24) is 0 Å². The molecule has 0 saturated heterocycles. The number of thiophene rings is 1. The maximum Gasteiger partial charge on any atom is 0.348 e. The van der Waals surface area contributed by atoms with Crippen molar-refractivity contribution in [1.29, 1.82) is 0 Å². The number of carbonyl (C=O) groups is 1. The highest BCUT2D eigenvalue weighted by Gasteiger charge is 2.20. The van der Waals surface area contributed by atoms with Gasteiger partial charge in [0.25, 0.3) is 0 Å². The molecule has 5 heteroatoms. The fourth-order valence-electron chi connectivity index (χ4n) is 1.82. The zero-order chi connectivity index (χ0) is 13.3. The van der Waals surface area contributed by atoms with Crippen LogP contribution in [0.15, 0.2) is 28.7 Å². The van der Waals surface area contributed by atoms with E-state index in [9.17, 15) is 4.79 Å². The quantitative estimate of drug-likeness (QED) is 0.895. The highest BCUT2D eigenvalue weighted by molar-refractivity contribution is 9.10. The van der Waals surface area contributed by atoms with Crippen LogP contribution >= 0.6 is 27.3 Å². The Morgan fingerprint density at radius 3 is 2.50 bits per heavy atom. The van der Waals surface area contributed by atoms with E-state index in [0.29, 0.717) is 5.69 Å². The van der Waals surface area contributed by atoms with Gasteiger partial charge in [0.05, 0.1) is 5.69 Å². The number of nitrogens with two attached hydrogens (primary N) is 1. The fraction of sp³-hybridized carbons (Fsp3) is 0.154. The fourth-order valence-corrected chi connectivity index (χ4v) is 3.24. The summed E-state index contributed by atoms with van der Waals surface area (Å²) in [6, 6.07) is 7.79. The number of hydrogen-bond acceptors (Lipinski definition) is 3. The summed E-state index contributed by atoms with van der Waals surface area (Å²) < 4.78 is 0.993. The Morgan fingerprint density at radius 1 is 1.39 bits per heavy atom. The van der Waals surface area contributed by atoms with Crippen molar-refractivity contribution in [3.05, 3.63) is 39.2 Å². The van der Waals surface area contributed by atoms with Gasteiger partial charge in [-0.1, -0.05) is 35.0 Å². The van der Waals surface area contributed by atoms with Gasteiger partial charge in [-0.2, -0.15) is 0 Å². The van der Waals surface area contributed by atoms with E-state index in [-0.39, 0.29) is 4.88 Å². The molecule has 1 aromatic heterocycles. The highest BCUT2D eigenvalue weighted by atomic mass is 79.9. The van der Waals surface area contributed by atoms with Gasteiger partial charge in [-0.05, 0) is 29.7 Å². The molecule has 3 nitrogen and oxygen atoms in total. The summed E-state index contributed by atoms with van der Waals surface area (Å²) in [7, 11) is 0. The monoisotopic (exact) mass is 325 g/mol. The number of rotatable bonds is 3. The summed E-state index contributed by atoms with van der Waals surface area (Å²) >= 11 is 4.62. The van der Waals surface area contributed by atoms with Crippen molar-refractivity contribution >= 4 is 38.9 Å². The Hall–Kier alpha value is -1.33. The summed E-state index contributed by atoms with van der Waals surface area (Å²) in [6.07, 6.45) is 0.723. The van der Waals surface area contributed by atoms with Crippen LogP contribution in [0.25, 0.3) is 10.4 Å². The number of hydrogen-bond donors (Lipinski definition) is 2. The Labute approximate surface area is 117 Å². The number of anilines is 1. The standard InChI is InChI=1S/C13H12BrNO2S/c1-2-9-10(15)12(13(16)17)18-11(9)7-3-5-8(14)6-4-7/h3-6H,2,15H2,1H3,(H,16,17). The predicted molar refractivity (Wildman–Crippen MR) is 78.2 cm³/mol. The van der Waals surface area contributed by atoms with E-state index < -0.39 is 5.97 Å². The number of halogens is 1. The Kier molecular flexibility index (Phi) is 3.73.